The molecule has 86 valence electrons. The minimum Gasteiger partial charge on any atom is -0.355 e. The van der Waals surface area contributed by atoms with Crippen LogP contribution in [0.5, 0.6) is 0 Å². The van der Waals surface area contributed by atoms with Crippen molar-refractivity contribution in [3.8, 4) is 0 Å². The Labute approximate surface area is 91.4 Å². The summed E-state index contributed by atoms with van der Waals surface area (Å²) < 4.78 is 0. The third kappa shape index (κ3) is 2.69. The fraction of sp³-hybridized carbons (Fsp3) is 0.909. The quantitative estimate of drug-likeness (QED) is 0.673. The first-order valence-corrected chi connectivity index (χ1v) is 5.97. The molecule has 1 saturated carbocycles. The Morgan fingerprint density at radius 3 is 3.07 bits per heavy atom. The van der Waals surface area contributed by atoms with Crippen molar-refractivity contribution >= 4 is 5.91 Å². The van der Waals surface area contributed by atoms with Gasteiger partial charge in [-0.25, -0.2) is 0 Å². The van der Waals surface area contributed by atoms with E-state index in [1.54, 1.807) is 0 Å². The number of carbonyl (C=O) groups is 1. The van der Waals surface area contributed by atoms with Crippen LogP contribution in [0.25, 0.3) is 0 Å². The van der Waals surface area contributed by atoms with Crippen molar-refractivity contribution in [1.82, 2.24) is 15.5 Å². The molecule has 0 bridgehead atoms. The van der Waals surface area contributed by atoms with Crippen molar-refractivity contribution in [2.45, 2.75) is 37.8 Å². The van der Waals surface area contributed by atoms with Crippen LogP contribution in [0.1, 0.15) is 25.7 Å². The number of hydrogen-bond acceptors (Lipinski definition) is 3. The van der Waals surface area contributed by atoms with Gasteiger partial charge in [-0.1, -0.05) is 0 Å². The minimum atomic E-state index is 0.195. The molecule has 2 atom stereocenters. The molecule has 1 aliphatic carbocycles. The third-order valence-corrected chi connectivity index (χ3v) is 3.62. The van der Waals surface area contributed by atoms with Crippen LogP contribution in [0.4, 0.5) is 0 Å². The van der Waals surface area contributed by atoms with Crippen LogP contribution in [-0.4, -0.2) is 49.6 Å². The smallest absolute Gasteiger partial charge is 0.234 e. The standard InChI is InChI=1S/C11H21N3O/c1-12-9-3-4-10(7-9)14-6-2-5-13-11(15)8-14/h9-10,12H,2-8H2,1H3,(H,13,15). The van der Waals surface area contributed by atoms with Crippen molar-refractivity contribution in [2.75, 3.05) is 26.7 Å². The largest absolute Gasteiger partial charge is 0.355 e. The lowest BCUT2D eigenvalue weighted by Crippen LogP contribution is -2.39. The zero-order valence-corrected chi connectivity index (χ0v) is 9.46. The number of carbonyl (C=O) groups excluding carboxylic acids is 1. The van der Waals surface area contributed by atoms with Crippen LogP contribution < -0.4 is 10.6 Å². The predicted octanol–water partition coefficient (Wildman–Crippen LogP) is -0.0512. The summed E-state index contributed by atoms with van der Waals surface area (Å²) in [5.41, 5.74) is 0. The number of amides is 1. The Kier molecular flexibility index (Phi) is 3.59. The van der Waals surface area contributed by atoms with Crippen molar-refractivity contribution in [3.05, 3.63) is 0 Å². The van der Waals surface area contributed by atoms with Gasteiger partial charge >= 0.3 is 0 Å². The molecule has 15 heavy (non-hydrogen) atoms. The van der Waals surface area contributed by atoms with Gasteiger partial charge in [0.25, 0.3) is 0 Å². The number of hydrogen-bond donors (Lipinski definition) is 2. The summed E-state index contributed by atoms with van der Waals surface area (Å²) in [5.74, 6) is 0.195. The maximum Gasteiger partial charge on any atom is 0.234 e. The van der Waals surface area contributed by atoms with Gasteiger partial charge in [0.05, 0.1) is 6.54 Å². The van der Waals surface area contributed by atoms with Crippen LogP contribution in [-0.2, 0) is 4.79 Å². The van der Waals surface area contributed by atoms with Crippen LogP contribution in [0.3, 0.4) is 0 Å². The van der Waals surface area contributed by atoms with E-state index in [0.717, 1.165) is 19.5 Å². The van der Waals surface area contributed by atoms with Crippen molar-refractivity contribution in [3.63, 3.8) is 0 Å². The zero-order chi connectivity index (χ0) is 10.7. The second-order valence-electron chi connectivity index (χ2n) is 4.63. The first-order chi connectivity index (χ1) is 7.29. The van der Waals surface area contributed by atoms with Gasteiger partial charge in [0.2, 0.25) is 5.91 Å². The molecule has 0 aromatic carbocycles. The highest BCUT2D eigenvalue weighted by molar-refractivity contribution is 5.78. The highest BCUT2D eigenvalue weighted by Crippen LogP contribution is 2.24. The molecule has 2 N–H and O–H groups in total. The lowest BCUT2D eigenvalue weighted by molar-refractivity contribution is -0.121. The van der Waals surface area contributed by atoms with E-state index < -0.39 is 0 Å². The van der Waals surface area contributed by atoms with Crippen LogP contribution in [0, 0.1) is 0 Å². The number of nitrogens with one attached hydrogen (secondary N) is 2. The molecular formula is C11H21N3O. The second kappa shape index (κ2) is 4.94. The van der Waals surface area contributed by atoms with Crippen molar-refractivity contribution < 1.29 is 4.79 Å². The molecule has 4 heteroatoms. The van der Waals surface area contributed by atoms with Gasteiger partial charge in [-0.05, 0) is 32.7 Å². The van der Waals surface area contributed by atoms with Crippen LogP contribution in [0.2, 0.25) is 0 Å². The molecule has 2 rings (SSSR count). The first-order valence-electron chi connectivity index (χ1n) is 5.97. The third-order valence-electron chi connectivity index (χ3n) is 3.62. The van der Waals surface area contributed by atoms with E-state index in [2.05, 4.69) is 15.5 Å². The maximum absolute atomic E-state index is 11.4. The Hall–Kier alpha value is -0.610. The number of rotatable bonds is 2. The van der Waals surface area contributed by atoms with E-state index in [1.165, 1.54) is 19.3 Å². The summed E-state index contributed by atoms with van der Waals surface area (Å²) >= 11 is 0. The highest BCUT2D eigenvalue weighted by Gasteiger charge is 2.29. The summed E-state index contributed by atoms with van der Waals surface area (Å²) in [6.45, 7) is 2.51. The van der Waals surface area contributed by atoms with E-state index in [9.17, 15) is 4.79 Å². The molecule has 2 aliphatic rings. The molecule has 0 spiro atoms. The molecular weight excluding hydrogens is 190 g/mol. The van der Waals surface area contributed by atoms with Gasteiger partial charge in [-0.3, -0.25) is 9.69 Å². The van der Waals surface area contributed by atoms with Gasteiger partial charge in [0.15, 0.2) is 0 Å². The van der Waals surface area contributed by atoms with E-state index >= 15 is 0 Å². The topological polar surface area (TPSA) is 44.4 Å². The van der Waals surface area contributed by atoms with Gasteiger partial charge < -0.3 is 10.6 Å². The summed E-state index contributed by atoms with van der Waals surface area (Å²) in [4.78, 5) is 13.8. The Bertz CT molecular complexity index is 232. The fourth-order valence-electron chi connectivity index (χ4n) is 2.69. The first kappa shape index (κ1) is 10.9. The van der Waals surface area contributed by atoms with E-state index in [0.29, 0.717) is 18.6 Å². The summed E-state index contributed by atoms with van der Waals surface area (Å²) in [7, 11) is 2.03. The molecule has 1 aliphatic heterocycles. The van der Waals surface area contributed by atoms with E-state index in [1.807, 2.05) is 7.05 Å². The van der Waals surface area contributed by atoms with E-state index in [-0.39, 0.29) is 5.91 Å². The van der Waals surface area contributed by atoms with Crippen molar-refractivity contribution in [1.29, 1.82) is 0 Å². The SMILES string of the molecule is CNC1CCC(N2CCCNC(=O)C2)C1. The molecule has 1 amide bonds. The van der Waals surface area contributed by atoms with Crippen molar-refractivity contribution in [2.24, 2.45) is 0 Å². The number of nitrogens with zero attached hydrogens (tertiary/aromatic N) is 1. The monoisotopic (exact) mass is 211 g/mol. The molecule has 2 unspecified atom stereocenters. The van der Waals surface area contributed by atoms with Crippen LogP contribution >= 0.6 is 0 Å². The predicted molar refractivity (Wildman–Crippen MR) is 59.7 cm³/mol. The molecule has 1 heterocycles. The Morgan fingerprint density at radius 2 is 2.33 bits per heavy atom. The molecule has 2 fully saturated rings. The molecule has 4 nitrogen and oxygen atoms in total. The Balaban J connectivity index is 1.89. The second-order valence-corrected chi connectivity index (χ2v) is 4.63. The lowest BCUT2D eigenvalue weighted by Gasteiger charge is -2.26. The van der Waals surface area contributed by atoms with Gasteiger partial charge in [0, 0.05) is 25.2 Å². The highest BCUT2D eigenvalue weighted by atomic mass is 16.2. The summed E-state index contributed by atoms with van der Waals surface area (Å²) in [6, 6.07) is 1.27. The van der Waals surface area contributed by atoms with Gasteiger partial charge in [-0.15, -0.1) is 0 Å². The Morgan fingerprint density at radius 1 is 1.47 bits per heavy atom. The average Bonchev–Trinajstić information content (AvgIpc) is 2.61. The summed E-state index contributed by atoms with van der Waals surface area (Å²) in [6.07, 6.45) is 4.77. The maximum atomic E-state index is 11.4. The average molecular weight is 211 g/mol. The minimum absolute atomic E-state index is 0.195. The van der Waals surface area contributed by atoms with E-state index in [4.69, 9.17) is 0 Å². The fourth-order valence-corrected chi connectivity index (χ4v) is 2.69. The molecule has 0 radical (unpaired) electrons. The lowest BCUT2D eigenvalue weighted by atomic mass is 10.2. The van der Waals surface area contributed by atoms with Gasteiger partial charge in [-0.2, -0.15) is 0 Å². The van der Waals surface area contributed by atoms with Crippen LogP contribution in [0.15, 0.2) is 0 Å². The zero-order valence-electron chi connectivity index (χ0n) is 9.46. The molecule has 0 aromatic rings. The van der Waals surface area contributed by atoms with Gasteiger partial charge in [0.1, 0.15) is 0 Å². The molecule has 0 aromatic heterocycles. The normalized spacial score (nSPS) is 33.8. The summed E-state index contributed by atoms with van der Waals surface area (Å²) in [5, 5.41) is 6.26. The molecule has 1 saturated heterocycles.